The number of likely N-dealkylation sites (N-methyl/N-ethyl adjacent to an activating group) is 1. The van der Waals surface area contributed by atoms with Gasteiger partial charge in [0, 0.05) is 26.2 Å². The molecule has 0 saturated carbocycles. The molecule has 0 bridgehead atoms. The maximum Gasteiger partial charge on any atom is 0.353 e. The fourth-order valence-electron chi connectivity index (χ4n) is 2.45. The SMILES string of the molecule is CCN(CCO)c1ncnc(N2CCCC2)c1[N+](=O)[O-]. The molecule has 1 fully saturated rings. The highest BCUT2D eigenvalue weighted by atomic mass is 16.6. The maximum atomic E-state index is 11.4. The summed E-state index contributed by atoms with van der Waals surface area (Å²) in [6.07, 6.45) is 3.39. The highest BCUT2D eigenvalue weighted by Crippen LogP contribution is 2.35. The molecule has 8 heteroatoms. The number of anilines is 2. The molecule has 8 nitrogen and oxygen atoms in total. The Morgan fingerprint density at radius 2 is 2.15 bits per heavy atom. The summed E-state index contributed by atoms with van der Waals surface area (Å²) < 4.78 is 0. The van der Waals surface area contributed by atoms with Crippen molar-refractivity contribution < 1.29 is 10.0 Å². The number of aliphatic hydroxyl groups excluding tert-OH is 1. The Labute approximate surface area is 117 Å². The molecule has 0 radical (unpaired) electrons. The second-order valence-electron chi connectivity index (χ2n) is 4.62. The summed E-state index contributed by atoms with van der Waals surface area (Å²) in [5.74, 6) is 0.664. The molecule has 0 unspecified atom stereocenters. The molecule has 110 valence electrons. The highest BCUT2D eigenvalue weighted by Gasteiger charge is 2.30. The summed E-state index contributed by atoms with van der Waals surface area (Å²) in [6, 6.07) is 0. The molecule has 1 saturated heterocycles. The van der Waals surface area contributed by atoms with E-state index in [4.69, 9.17) is 5.11 Å². The van der Waals surface area contributed by atoms with Crippen LogP contribution in [0.3, 0.4) is 0 Å². The van der Waals surface area contributed by atoms with Crippen LogP contribution in [0.25, 0.3) is 0 Å². The maximum absolute atomic E-state index is 11.4. The summed E-state index contributed by atoms with van der Waals surface area (Å²) in [5.41, 5.74) is -0.0651. The number of nitrogens with zero attached hydrogens (tertiary/aromatic N) is 5. The van der Waals surface area contributed by atoms with Crippen LogP contribution in [0.5, 0.6) is 0 Å². The molecule has 1 aromatic rings. The van der Waals surface area contributed by atoms with Crippen LogP contribution in [0.1, 0.15) is 19.8 Å². The largest absolute Gasteiger partial charge is 0.395 e. The fraction of sp³-hybridized carbons (Fsp3) is 0.667. The van der Waals surface area contributed by atoms with E-state index in [0.717, 1.165) is 25.9 Å². The summed E-state index contributed by atoms with van der Waals surface area (Å²) >= 11 is 0. The monoisotopic (exact) mass is 281 g/mol. The average molecular weight is 281 g/mol. The first kappa shape index (κ1) is 14.4. The van der Waals surface area contributed by atoms with Crippen LogP contribution in [0.2, 0.25) is 0 Å². The third kappa shape index (κ3) is 2.79. The Kier molecular flexibility index (Phi) is 4.67. The van der Waals surface area contributed by atoms with E-state index in [2.05, 4.69) is 9.97 Å². The van der Waals surface area contributed by atoms with Gasteiger partial charge in [-0.25, -0.2) is 9.97 Å². The molecular weight excluding hydrogens is 262 g/mol. The minimum atomic E-state index is -0.428. The van der Waals surface area contributed by atoms with Crippen LogP contribution in [0.15, 0.2) is 6.33 Å². The van der Waals surface area contributed by atoms with Gasteiger partial charge in [0.25, 0.3) is 0 Å². The molecular formula is C12H19N5O3. The van der Waals surface area contributed by atoms with E-state index in [1.807, 2.05) is 11.8 Å². The number of nitro groups is 1. The second kappa shape index (κ2) is 6.47. The zero-order valence-electron chi connectivity index (χ0n) is 11.5. The van der Waals surface area contributed by atoms with Gasteiger partial charge >= 0.3 is 5.69 Å². The summed E-state index contributed by atoms with van der Waals surface area (Å²) in [5, 5.41) is 20.5. The number of aliphatic hydroxyl groups is 1. The van der Waals surface area contributed by atoms with Gasteiger partial charge in [0.2, 0.25) is 11.6 Å². The van der Waals surface area contributed by atoms with Gasteiger partial charge in [0.1, 0.15) is 6.33 Å². The molecule has 1 aliphatic heterocycles. The minimum absolute atomic E-state index is 0.0651. The van der Waals surface area contributed by atoms with Crippen molar-refractivity contribution in [3.8, 4) is 0 Å². The standard InChI is InChI=1S/C12H19N5O3/c1-2-15(7-8-18)11-10(17(19)20)12(14-9-13-11)16-5-3-4-6-16/h9,18H,2-8H2,1H3. The average Bonchev–Trinajstić information content (AvgIpc) is 2.97. The summed E-state index contributed by atoms with van der Waals surface area (Å²) in [6.45, 7) is 4.21. The van der Waals surface area contributed by atoms with Crippen LogP contribution in [-0.4, -0.2) is 52.8 Å². The zero-order chi connectivity index (χ0) is 14.5. The van der Waals surface area contributed by atoms with Gasteiger partial charge in [-0.2, -0.15) is 0 Å². The lowest BCUT2D eigenvalue weighted by Gasteiger charge is -2.23. The molecule has 20 heavy (non-hydrogen) atoms. The molecule has 1 N–H and O–H groups in total. The first-order valence-corrected chi connectivity index (χ1v) is 6.79. The number of rotatable bonds is 6. The third-order valence-electron chi connectivity index (χ3n) is 3.42. The number of aromatic nitrogens is 2. The zero-order valence-corrected chi connectivity index (χ0v) is 11.5. The van der Waals surface area contributed by atoms with Crippen molar-refractivity contribution >= 4 is 17.3 Å². The minimum Gasteiger partial charge on any atom is -0.395 e. The van der Waals surface area contributed by atoms with E-state index in [1.54, 1.807) is 4.90 Å². The van der Waals surface area contributed by atoms with E-state index >= 15 is 0 Å². The summed E-state index contributed by atoms with van der Waals surface area (Å²) in [4.78, 5) is 22.8. The molecule has 0 amide bonds. The van der Waals surface area contributed by atoms with Crippen LogP contribution in [0, 0.1) is 10.1 Å². The lowest BCUT2D eigenvalue weighted by Crippen LogP contribution is -2.29. The third-order valence-corrected chi connectivity index (χ3v) is 3.42. The molecule has 0 aromatic carbocycles. The molecule has 2 rings (SSSR count). The van der Waals surface area contributed by atoms with Crippen molar-refractivity contribution in [3.63, 3.8) is 0 Å². The smallest absolute Gasteiger partial charge is 0.353 e. The molecule has 0 spiro atoms. The Morgan fingerprint density at radius 3 is 2.70 bits per heavy atom. The predicted octanol–water partition coefficient (Wildman–Crippen LogP) is 0.804. The Hall–Kier alpha value is -1.96. The predicted molar refractivity (Wildman–Crippen MR) is 75.1 cm³/mol. The van der Waals surface area contributed by atoms with Crippen LogP contribution in [-0.2, 0) is 0 Å². The van der Waals surface area contributed by atoms with E-state index in [1.165, 1.54) is 6.33 Å². The van der Waals surface area contributed by atoms with Gasteiger partial charge in [-0.1, -0.05) is 0 Å². The van der Waals surface area contributed by atoms with Crippen molar-refractivity contribution in [3.05, 3.63) is 16.4 Å². The molecule has 0 aliphatic carbocycles. The van der Waals surface area contributed by atoms with Gasteiger partial charge < -0.3 is 14.9 Å². The van der Waals surface area contributed by atoms with Crippen molar-refractivity contribution in [2.24, 2.45) is 0 Å². The lowest BCUT2D eigenvalue weighted by molar-refractivity contribution is -0.383. The Morgan fingerprint density at radius 1 is 1.45 bits per heavy atom. The van der Waals surface area contributed by atoms with Crippen molar-refractivity contribution in [2.75, 3.05) is 42.6 Å². The summed E-state index contributed by atoms with van der Waals surface area (Å²) in [7, 11) is 0. The topological polar surface area (TPSA) is 95.6 Å². The lowest BCUT2D eigenvalue weighted by atomic mass is 10.3. The molecule has 0 atom stereocenters. The van der Waals surface area contributed by atoms with Crippen LogP contribution in [0.4, 0.5) is 17.3 Å². The van der Waals surface area contributed by atoms with E-state index in [0.29, 0.717) is 18.9 Å². The van der Waals surface area contributed by atoms with E-state index in [9.17, 15) is 10.1 Å². The van der Waals surface area contributed by atoms with Crippen molar-refractivity contribution in [2.45, 2.75) is 19.8 Å². The number of hydrogen-bond acceptors (Lipinski definition) is 7. The quantitative estimate of drug-likeness (QED) is 0.608. The van der Waals surface area contributed by atoms with Crippen molar-refractivity contribution in [1.82, 2.24) is 9.97 Å². The highest BCUT2D eigenvalue weighted by molar-refractivity contribution is 5.71. The van der Waals surface area contributed by atoms with E-state index < -0.39 is 4.92 Å². The van der Waals surface area contributed by atoms with Crippen LogP contribution < -0.4 is 9.80 Å². The second-order valence-corrected chi connectivity index (χ2v) is 4.62. The normalized spacial score (nSPS) is 14.6. The van der Waals surface area contributed by atoms with Crippen molar-refractivity contribution in [1.29, 1.82) is 0 Å². The van der Waals surface area contributed by atoms with Gasteiger partial charge in [0.15, 0.2) is 0 Å². The van der Waals surface area contributed by atoms with E-state index in [-0.39, 0.29) is 18.1 Å². The first-order valence-electron chi connectivity index (χ1n) is 6.79. The molecule has 2 heterocycles. The molecule has 1 aromatic heterocycles. The van der Waals surface area contributed by atoms with Gasteiger partial charge in [-0.15, -0.1) is 0 Å². The first-order chi connectivity index (χ1) is 9.69. The molecule has 1 aliphatic rings. The fourth-order valence-corrected chi connectivity index (χ4v) is 2.45. The van der Waals surface area contributed by atoms with Crippen LogP contribution >= 0.6 is 0 Å². The van der Waals surface area contributed by atoms with Gasteiger partial charge in [-0.05, 0) is 19.8 Å². The Bertz CT molecular complexity index is 476. The number of hydrogen-bond donors (Lipinski definition) is 1. The Balaban J connectivity index is 2.45. The van der Waals surface area contributed by atoms with Gasteiger partial charge in [0.05, 0.1) is 11.5 Å². The van der Waals surface area contributed by atoms with Gasteiger partial charge in [-0.3, -0.25) is 10.1 Å².